The van der Waals surface area contributed by atoms with Gasteiger partial charge in [0.05, 0.1) is 12.1 Å². The fourth-order valence-corrected chi connectivity index (χ4v) is 2.27. The highest BCUT2D eigenvalue weighted by atomic mass is 32.2. The first-order valence-corrected chi connectivity index (χ1v) is 7.74. The fourth-order valence-electron chi connectivity index (χ4n) is 1.49. The van der Waals surface area contributed by atoms with Crippen LogP contribution in [0.4, 0.5) is 10.5 Å². The number of hydrogen-bond acceptors (Lipinski definition) is 7. The van der Waals surface area contributed by atoms with E-state index < -0.39 is 15.7 Å². The van der Waals surface area contributed by atoms with Crippen molar-refractivity contribution < 1.29 is 18.0 Å². The van der Waals surface area contributed by atoms with Gasteiger partial charge in [0.25, 0.3) is 0 Å². The topological polar surface area (TPSA) is 95.9 Å². The number of hydrogen-bond donors (Lipinski definition) is 1. The Labute approximate surface area is 128 Å². The second-order valence-electron chi connectivity index (χ2n) is 4.13. The molecule has 0 aliphatic rings. The minimum Gasteiger partial charge on any atom is -0.275 e. The zero-order valence-electron chi connectivity index (χ0n) is 11.8. The maximum atomic E-state index is 12.0. The zero-order chi connectivity index (χ0) is 16.0. The molecule has 0 fully saturated rings. The molecule has 1 N–H and O–H groups in total. The molecule has 0 spiro atoms. The van der Waals surface area contributed by atoms with Crippen LogP contribution in [0.3, 0.4) is 0 Å². The Morgan fingerprint density at radius 3 is 2.62 bits per heavy atom. The van der Waals surface area contributed by atoms with Gasteiger partial charge in [-0.1, -0.05) is 12.1 Å². The lowest BCUT2D eigenvalue weighted by Crippen LogP contribution is -2.32. The van der Waals surface area contributed by atoms with Crippen molar-refractivity contribution in [2.75, 3.05) is 14.1 Å². The summed E-state index contributed by atoms with van der Waals surface area (Å²) >= 11 is 0.808. The van der Waals surface area contributed by atoms with E-state index in [0.29, 0.717) is 11.1 Å². The van der Waals surface area contributed by atoms with Crippen LogP contribution in [0, 0.1) is 6.92 Å². The van der Waals surface area contributed by atoms with Crippen LogP contribution in [-0.2, 0) is 21.7 Å². The van der Waals surface area contributed by atoms with Crippen LogP contribution >= 0.6 is 11.9 Å². The van der Waals surface area contributed by atoms with Crippen LogP contribution in [-0.4, -0.2) is 38.6 Å². The van der Waals surface area contributed by atoms with Gasteiger partial charge in [0.2, 0.25) is 5.91 Å². The minimum absolute atomic E-state index is 0.0131. The molecular formula is C12H15N3O4S2. The van der Waals surface area contributed by atoms with Crippen molar-refractivity contribution in [1.29, 1.82) is 0 Å². The molecule has 0 aromatic heterocycles. The number of rotatable bonds is 4. The van der Waals surface area contributed by atoms with E-state index in [2.05, 4.69) is 9.08 Å². The lowest BCUT2D eigenvalue weighted by molar-refractivity contribution is -0.126. The summed E-state index contributed by atoms with van der Waals surface area (Å²) in [5, 5.41) is -0.416. The molecule has 9 heteroatoms. The summed E-state index contributed by atoms with van der Waals surface area (Å²) in [6, 6.07) is 4.90. The summed E-state index contributed by atoms with van der Waals surface area (Å²) < 4.78 is 27.3. The number of nitrogens with zero attached hydrogens (tertiary/aromatic N) is 2. The monoisotopic (exact) mass is 329 g/mol. The standard InChI is InChI=1S/C12H15N3O4S2/c1-8-4-5-9(6-10(8)14-21(18)19)7-11(16)15(3)12(17)20-13-2/h4-6,13H,7H2,1-3H3. The van der Waals surface area contributed by atoms with E-state index in [1.54, 1.807) is 26.1 Å². The Morgan fingerprint density at radius 1 is 1.38 bits per heavy atom. The van der Waals surface area contributed by atoms with E-state index in [0.717, 1.165) is 16.8 Å². The van der Waals surface area contributed by atoms with Crippen molar-refractivity contribution in [3.8, 4) is 0 Å². The minimum atomic E-state index is -2.55. The third kappa shape index (κ3) is 5.29. The number of nitrogens with one attached hydrogen (secondary N) is 1. The van der Waals surface area contributed by atoms with E-state index >= 15 is 0 Å². The van der Waals surface area contributed by atoms with Gasteiger partial charge in [-0.05, 0) is 31.2 Å². The Hall–Kier alpha value is -1.71. The molecule has 114 valence electrons. The van der Waals surface area contributed by atoms with Gasteiger partial charge in [0.1, 0.15) is 0 Å². The maximum Gasteiger partial charge on any atom is 0.316 e. The average molecular weight is 329 g/mol. The number of carbonyl (C=O) groups excluding carboxylic acids is 2. The van der Waals surface area contributed by atoms with Crippen molar-refractivity contribution in [3.63, 3.8) is 0 Å². The summed E-state index contributed by atoms with van der Waals surface area (Å²) in [5.74, 6) is -0.388. The van der Waals surface area contributed by atoms with Crippen molar-refractivity contribution in [1.82, 2.24) is 9.62 Å². The Balaban J connectivity index is 2.91. The highest BCUT2D eigenvalue weighted by Gasteiger charge is 2.17. The molecule has 1 aromatic rings. The van der Waals surface area contributed by atoms with Gasteiger partial charge in [0.15, 0.2) is 0 Å². The van der Waals surface area contributed by atoms with Gasteiger partial charge >= 0.3 is 15.7 Å². The zero-order valence-corrected chi connectivity index (χ0v) is 13.4. The smallest absolute Gasteiger partial charge is 0.275 e. The normalized spacial score (nSPS) is 10.0. The summed E-state index contributed by atoms with van der Waals surface area (Å²) in [6.45, 7) is 1.72. The Morgan fingerprint density at radius 2 is 2.05 bits per heavy atom. The molecule has 7 nitrogen and oxygen atoms in total. The van der Waals surface area contributed by atoms with Crippen LogP contribution in [0.2, 0.25) is 0 Å². The molecular weight excluding hydrogens is 314 g/mol. The van der Waals surface area contributed by atoms with Gasteiger partial charge in [-0.25, -0.2) is 0 Å². The summed E-state index contributed by atoms with van der Waals surface area (Å²) in [6.07, 6.45) is -0.0131. The molecule has 1 rings (SSSR count). The number of aryl methyl sites for hydroxylation is 1. The number of amides is 2. The first-order valence-electron chi connectivity index (χ1n) is 5.90. The predicted molar refractivity (Wildman–Crippen MR) is 80.7 cm³/mol. The average Bonchev–Trinajstić information content (AvgIpc) is 2.41. The third-order valence-electron chi connectivity index (χ3n) is 2.64. The van der Waals surface area contributed by atoms with Crippen molar-refractivity contribution in [3.05, 3.63) is 29.3 Å². The Bertz CT molecular complexity index is 678. The van der Waals surface area contributed by atoms with Gasteiger partial charge in [0, 0.05) is 19.0 Å². The van der Waals surface area contributed by atoms with Gasteiger partial charge in [-0.3, -0.25) is 19.2 Å². The number of carbonyl (C=O) groups is 2. The number of benzene rings is 1. The molecule has 0 unspecified atom stereocenters. The van der Waals surface area contributed by atoms with Crippen LogP contribution in [0.1, 0.15) is 11.1 Å². The molecule has 0 radical (unpaired) electrons. The summed E-state index contributed by atoms with van der Waals surface area (Å²) in [7, 11) is 0.418. The molecule has 0 saturated heterocycles. The van der Waals surface area contributed by atoms with E-state index in [9.17, 15) is 18.0 Å². The van der Waals surface area contributed by atoms with Crippen molar-refractivity contribution in [2.24, 2.45) is 4.36 Å². The van der Waals surface area contributed by atoms with Crippen LogP contribution < -0.4 is 4.72 Å². The molecule has 0 heterocycles. The molecule has 0 aliphatic heterocycles. The highest BCUT2D eigenvalue weighted by molar-refractivity contribution is 8.11. The second kappa shape index (κ2) is 7.91. The summed E-state index contributed by atoms with van der Waals surface area (Å²) in [5.41, 5.74) is 1.56. The number of imide groups is 1. The molecule has 0 bridgehead atoms. The quantitative estimate of drug-likeness (QED) is 0.844. The van der Waals surface area contributed by atoms with Crippen molar-refractivity contribution in [2.45, 2.75) is 13.3 Å². The highest BCUT2D eigenvalue weighted by Crippen LogP contribution is 2.20. The van der Waals surface area contributed by atoms with Crippen LogP contribution in [0.15, 0.2) is 22.6 Å². The Kier molecular flexibility index (Phi) is 6.53. The van der Waals surface area contributed by atoms with Crippen LogP contribution in [0.5, 0.6) is 0 Å². The second-order valence-corrected chi connectivity index (χ2v) is 5.71. The first-order chi connectivity index (χ1) is 9.85. The van der Waals surface area contributed by atoms with Gasteiger partial charge < -0.3 is 0 Å². The lowest BCUT2D eigenvalue weighted by atomic mass is 10.1. The van der Waals surface area contributed by atoms with E-state index in [1.165, 1.54) is 13.1 Å². The molecule has 21 heavy (non-hydrogen) atoms. The number of likely N-dealkylation sites (N-methyl/N-ethyl adjacent to an activating group) is 1. The SMILES string of the molecule is CNSC(=O)N(C)C(=O)Cc1ccc(C)c(N=S(=O)=O)c1. The largest absolute Gasteiger partial charge is 0.316 e. The first kappa shape index (κ1) is 17.3. The predicted octanol–water partition coefficient (Wildman–Crippen LogP) is 1.68. The van der Waals surface area contributed by atoms with Gasteiger partial charge in [-0.15, -0.1) is 4.36 Å². The van der Waals surface area contributed by atoms with Crippen LogP contribution in [0.25, 0.3) is 0 Å². The van der Waals surface area contributed by atoms with E-state index in [-0.39, 0.29) is 18.0 Å². The molecule has 0 aliphatic carbocycles. The van der Waals surface area contributed by atoms with E-state index in [4.69, 9.17) is 0 Å². The lowest BCUT2D eigenvalue weighted by Gasteiger charge is -2.14. The van der Waals surface area contributed by atoms with Crippen molar-refractivity contribution >= 4 is 39.3 Å². The third-order valence-corrected chi connectivity index (χ3v) is 3.64. The molecule has 0 atom stereocenters. The molecule has 1 aromatic carbocycles. The fraction of sp³-hybridized carbons (Fsp3) is 0.333. The van der Waals surface area contributed by atoms with Gasteiger partial charge in [-0.2, -0.15) is 8.42 Å². The van der Waals surface area contributed by atoms with E-state index in [1.807, 2.05) is 0 Å². The molecule has 2 amide bonds. The maximum absolute atomic E-state index is 12.0. The molecule has 0 saturated carbocycles. The summed E-state index contributed by atoms with van der Waals surface area (Å²) in [4.78, 5) is 24.5.